The van der Waals surface area contributed by atoms with Crippen molar-refractivity contribution in [2.45, 2.75) is 12.3 Å². The Bertz CT molecular complexity index is 570. The van der Waals surface area contributed by atoms with Gasteiger partial charge in [-0.2, -0.15) is 0 Å². The van der Waals surface area contributed by atoms with Gasteiger partial charge < -0.3 is 9.47 Å². The molecule has 0 N–H and O–H groups in total. The van der Waals surface area contributed by atoms with E-state index in [9.17, 15) is 9.59 Å². The average Bonchev–Trinajstić information content (AvgIpc) is 2.95. The molecule has 0 radical (unpaired) electrons. The molecule has 2 rings (SSSR count). The molecule has 0 amide bonds. The van der Waals surface area contributed by atoms with Crippen molar-refractivity contribution in [3.63, 3.8) is 0 Å². The van der Waals surface area contributed by atoms with Crippen LogP contribution in [-0.2, 0) is 19.1 Å². The van der Waals surface area contributed by atoms with Crippen LogP contribution in [0.25, 0.3) is 0 Å². The van der Waals surface area contributed by atoms with E-state index in [4.69, 9.17) is 9.47 Å². The fourth-order valence-corrected chi connectivity index (χ4v) is 2.87. The molecule has 0 aliphatic heterocycles. The van der Waals surface area contributed by atoms with Crippen LogP contribution in [0.4, 0.5) is 0 Å². The number of carbonyl (C=O) groups excluding carboxylic acids is 2. The topological polar surface area (TPSA) is 52.6 Å². The van der Waals surface area contributed by atoms with Crippen molar-refractivity contribution in [3.05, 3.63) is 60.2 Å². The van der Waals surface area contributed by atoms with E-state index >= 15 is 0 Å². The molecule has 0 aromatic heterocycles. The minimum Gasteiger partial charge on any atom is -0.468 e. The molecular weight excluding hydrogens is 268 g/mol. The Labute approximate surface area is 124 Å². The van der Waals surface area contributed by atoms with Crippen molar-refractivity contribution in [2.75, 3.05) is 14.2 Å². The predicted octanol–water partition coefficient (Wildman–Crippen LogP) is 2.62. The smallest absolute Gasteiger partial charge is 0.324 e. The molecule has 1 aliphatic rings. The summed E-state index contributed by atoms with van der Waals surface area (Å²) in [4.78, 5) is 24.8. The lowest BCUT2D eigenvalue weighted by molar-refractivity contribution is -0.169. The Balaban J connectivity index is 2.59. The molecule has 4 nitrogen and oxygen atoms in total. The second kappa shape index (κ2) is 5.95. The van der Waals surface area contributed by atoms with Crippen molar-refractivity contribution in [1.82, 2.24) is 0 Å². The van der Waals surface area contributed by atoms with Crippen molar-refractivity contribution in [3.8, 4) is 0 Å². The zero-order valence-corrected chi connectivity index (χ0v) is 12.2. The summed E-state index contributed by atoms with van der Waals surface area (Å²) < 4.78 is 9.80. The molecule has 0 saturated carbocycles. The lowest BCUT2D eigenvalue weighted by atomic mass is 9.73. The largest absolute Gasteiger partial charge is 0.468 e. The van der Waals surface area contributed by atoms with Gasteiger partial charge in [0.15, 0.2) is 5.41 Å². The van der Waals surface area contributed by atoms with Crippen LogP contribution in [-0.4, -0.2) is 26.2 Å². The number of esters is 2. The van der Waals surface area contributed by atoms with E-state index in [1.165, 1.54) is 14.2 Å². The first-order valence-electron chi connectivity index (χ1n) is 6.65. The highest BCUT2D eigenvalue weighted by molar-refractivity contribution is 6.02. The predicted molar refractivity (Wildman–Crippen MR) is 78.5 cm³/mol. The minimum absolute atomic E-state index is 0.232. The van der Waals surface area contributed by atoms with Crippen LogP contribution < -0.4 is 0 Å². The van der Waals surface area contributed by atoms with E-state index < -0.39 is 23.3 Å². The standard InChI is InChI=1S/C17H18O4/c1-4-12-10-14(13-8-6-5-7-9-13)17(11-12,15(18)20-2)16(19)21-3/h4-10,14H,1,11H2,2-3H3/t14-/m1/s1. The zero-order chi connectivity index (χ0) is 15.5. The molecule has 1 aliphatic carbocycles. The van der Waals surface area contributed by atoms with E-state index in [-0.39, 0.29) is 6.42 Å². The van der Waals surface area contributed by atoms with Crippen molar-refractivity contribution in [2.24, 2.45) is 5.41 Å². The van der Waals surface area contributed by atoms with Gasteiger partial charge in [-0.15, -0.1) is 0 Å². The van der Waals surface area contributed by atoms with Crippen LogP contribution in [0.5, 0.6) is 0 Å². The van der Waals surface area contributed by atoms with Crippen molar-refractivity contribution in [1.29, 1.82) is 0 Å². The van der Waals surface area contributed by atoms with E-state index in [1.54, 1.807) is 6.08 Å². The van der Waals surface area contributed by atoms with Gasteiger partial charge in [-0.25, -0.2) is 0 Å². The highest BCUT2D eigenvalue weighted by Crippen LogP contribution is 2.50. The van der Waals surface area contributed by atoms with Crippen LogP contribution in [0.2, 0.25) is 0 Å². The third-order valence-electron chi connectivity index (χ3n) is 3.91. The lowest BCUT2D eigenvalue weighted by Crippen LogP contribution is -2.43. The van der Waals surface area contributed by atoms with E-state index in [1.807, 2.05) is 36.4 Å². The summed E-state index contributed by atoms with van der Waals surface area (Å²) in [5.41, 5.74) is 0.318. The molecule has 0 heterocycles. The van der Waals surface area contributed by atoms with Crippen molar-refractivity contribution >= 4 is 11.9 Å². The highest BCUT2D eigenvalue weighted by Gasteiger charge is 2.57. The van der Waals surface area contributed by atoms with Crippen LogP contribution in [0, 0.1) is 5.41 Å². The number of hydrogen-bond acceptors (Lipinski definition) is 4. The van der Waals surface area contributed by atoms with Gasteiger partial charge in [0.1, 0.15) is 0 Å². The monoisotopic (exact) mass is 286 g/mol. The van der Waals surface area contributed by atoms with Gasteiger partial charge in [-0.3, -0.25) is 9.59 Å². The fourth-order valence-electron chi connectivity index (χ4n) is 2.87. The molecule has 1 aromatic rings. The van der Waals surface area contributed by atoms with Crippen LogP contribution >= 0.6 is 0 Å². The Morgan fingerprint density at radius 1 is 1.19 bits per heavy atom. The van der Waals surface area contributed by atoms with E-state index in [2.05, 4.69) is 6.58 Å². The minimum atomic E-state index is -1.38. The Morgan fingerprint density at radius 2 is 1.76 bits per heavy atom. The first-order valence-corrected chi connectivity index (χ1v) is 6.65. The lowest BCUT2D eigenvalue weighted by Gasteiger charge is -2.30. The van der Waals surface area contributed by atoms with Gasteiger partial charge in [0.25, 0.3) is 0 Å². The van der Waals surface area contributed by atoms with Crippen LogP contribution in [0.15, 0.2) is 54.6 Å². The average molecular weight is 286 g/mol. The van der Waals surface area contributed by atoms with Crippen molar-refractivity contribution < 1.29 is 19.1 Å². The summed E-state index contributed by atoms with van der Waals surface area (Å²) in [6.45, 7) is 3.73. The maximum atomic E-state index is 12.4. The Hall–Kier alpha value is -2.36. The van der Waals surface area contributed by atoms with E-state index in [0.29, 0.717) is 0 Å². The van der Waals surface area contributed by atoms with Crippen LogP contribution in [0.3, 0.4) is 0 Å². The second-order valence-electron chi connectivity index (χ2n) is 4.97. The molecule has 4 heteroatoms. The third-order valence-corrected chi connectivity index (χ3v) is 3.91. The number of carbonyl (C=O) groups is 2. The molecule has 0 bridgehead atoms. The summed E-state index contributed by atoms with van der Waals surface area (Å²) in [7, 11) is 2.56. The summed E-state index contributed by atoms with van der Waals surface area (Å²) >= 11 is 0. The number of methoxy groups -OCH3 is 2. The quantitative estimate of drug-likeness (QED) is 0.630. The third kappa shape index (κ3) is 2.37. The number of rotatable bonds is 4. The summed E-state index contributed by atoms with van der Waals surface area (Å²) in [6.07, 6.45) is 3.77. The first-order chi connectivity index (χ1) is 10.1. The van der Waals surface area contributed by atoms with E-state index in [0.717, 1.165) is 11.1 Å². The zero-order valence-electron chi connectivity index (χ0n) is 12.2. The highest BCUT2D eigenvalue weighted by atomic mass is 16.5. The first kappa shape index (κ1) is 15.0. The van der Waals surface area contributed by atoms with Gasteiger partial charge in [-0.05, 0) is 12.0 Å². The summed E-state index contributed by atoms with van der Waals surface area (Å²) in [6, 6.07) is 9.39. The molecule has 1 atom stereocenters. The van der Waals surface area contributed by atoms with Gasteiger partial charge >= 0.3 is 11.9 Å². The number of allylic oxidation sites excluding steroid dienone is 3. The molecule has 0 saturated heterocycles. The maximum absolute atomic E-state index is 12.4. The summed E-state index contributed by atoms with van der Waals surface area (Å²) in [5.74, 6) is -1.60. The second-order valence-corrected chi connectivity index (χ2v) is 4.97. The Kier molecular flexibility index (Phi) is 4.26. The Morgan fingerprint density at radius 3 is 2.24 bits per heavy atom. The molecule has 21 heavy (non-hydrogen) atoms. The fraction of sp³-hybridized carbons (Fsp3) is 0.294. The number of ether oxygens (including phenoxy) is 2. The maximum Gasteiger partial charge on any atom is 0.324 e. The SMILES string of the molecule is C=CC1=C[C@H](c2ccccc2)C(C(=O)OC)(C(=O)OC)C1. The number of hydrogen-bond donors (Lipinski definition) is 0. The van der Waals surface area contributed by atoms with Gasteiger partial charge in [-0.1, -0.05) is 54.6 Å². The molecule has 0 fully saturated rings. The molecule has 0 spiro atoms. The molecule has 1 aromatic carbocycles. The normalized spacial score (nSPS) is 19.5. The molecule has 0 unspecified atom stereocenters. The van der Waals surface area contributed by atoms with Gasteiger partial charge in [0.05, 0.1) is 14.2 Å². The van der Waals surface area contributed by atoms with Gasteiger partial charge in [0, 0.05) is 5.92 Å². The van der Waals surface area contributed by atoms with Crippen LogP contribution in [0.1, 0.15) is 17.9 Å². The van der Waals surface area contributed by atoms with Gasteiger partial charge in [0.2, 0.25) is 0 Å². The number of benzene rings is 1. The molecule has 110 valence electrons. The molecular formula is C17H18O4. The summed E-state index contributed by atoms with van der Waals surface area (Å²) in [5, 5.41) is 0.